The van der Waals surface area contributed by atoms with Gasteiger partial charge in [0.1, 0.15) is 6.04 Å². The minimum Gasteiger partial charge on any atom is -0.480 e. The van der Waals surface area contributed by atoms with Crippen molar-refractivity contribution in [3.8, 4) is 0 Å². The van der Waals surface area contributed by atoms with Crippen molar-refractivity contribution in [1.82, 2.24) is 9.71 Å². The van der Waals surface area contributed by atoms with Crippen LogP contribution in [0.1, 0.15) is 32.6 Å². The molecule has 1 atom stereocenters. The third-order valence-electron chi connectivity index (χ3n) is 3.83. The summed E-state index contributed by atoms with van der Waals surface area (Å²) in [7, 11) is -3.91. The number of fused-ring (bicyclic) bond motifs is 1. The first-order chi connectivity index (χ1) is 12.9. The monoisotopic (exact) mass is 448 g/mol. The molecule has 0 aliphatic carbocycles. The molecule has 0 bridgehead atoms. The van der Waals surface area contributed by atoms with E-state index < -0.39 is 22.0 Å². The van der Waals surface area contributed by atoms with Crippen molar-refractivity contribution in [3.05, 3.63) is 18.2 Å². The van der Waals surface area contributed by atoms with Gasteiger partial charge in [-0.25, -0.2) is 13.4 Å². The summed E-state index contributed by atoms with van der Waals surface area (Å²) in [4.78, 5) is 15.9. The minimum absolute atomic E-state index is 0.0663. The molecule has 0 unspecified atom stereocenters. The molecule has 1 aromatic carbocycles. The standard InChI is InChI=1S/C17H24N2O4S4/c1-3-4-5-9-25-17-18-13-7-6-12(11-15(13)26-17)27(22,23)19-14(16(20)21)8-10-24-2/h6-7,11,14,19H,3-5,8-10H2,1-2H3,(H,20,21)/t14-/m1/s1. The number of nitrogens with zero attached hydrogens (tertiary/aromatic N) is 1. The number of hydrogen-bond acceptors (Lipinski definition) is 7. The van der Waals surface area contributed by atoms with Gasteiger partial charge in [-0.2, -0.15) is 16.5 Å². The predicted molar refractivity (Wildman–Crippen MR) is 115 cm³/mol. The lowest BCUT2D eigenvalue weighted by Crippen LogP contribution is -2.41. The van der Waals surface area contributed by atoms with Crippen LogP contribution < -0.4 is 4.72 Å². The quantitative estimate of drug-likeness (QED) is 0.373. The molecule has 0 aliphatic rings. The molecule has 6 nitrogen and oxygen atoms in total. The van der Waals surface area contributed by atoms with E-state index in [1.54, 1.807) is 23.9 Å². The summed E-state index contributed by atoms with van der Waals surface area (Å²) in [5, 5.41) is 9.26. The van der Waals surface area contributed by atoms with E-state index >= 15 is 0 Å². The van der Waals surface area contributed by atoms with Crippen molar-refractivity contribution >= 4 is 61.1 Å². The van der Waals surface area contributed by atoms with Gasteiger partial charge in [-0.15, -0.1) is 11.3 Å². The molecule has 0 saturated heterocycles. The lowest BCUT2D eigenvalue weighted by molar-refractivity contribution is -0.139. The molecule has 0 saturated carbocycles. The van der Waals surface area contributed by atoms with E-state index in [2.05, 4.69) is 16.6 Å². The van der Waals surface area contributed by atoms with Gasteiger partial charge in [-0.1, -0.05) is 31.5 Å². The summed E-state index contributed by atoms with van der Waals surface area (Å²) in [6.07, 6.45) is 5.57. The first-order valence-corrected chi connectivity index (χ1v) is 13.3. The second kappa shape index (κ2) is 10.7. The number of thiazole rings is 1. The van der Waals surface area contributed by atoms with Crippen LogP contribution in [0.25, 0.3) is 10.2 Å². The average Bonchev–Trinajstić information content (AvgIpc) is 3.04. The molecule has 150 valence electrons. The van der Waals surface area contributed by atoms with Gasteiger partial charge in [0.2, 0.25) is 10.0 Å². The number of rotatable bonds is 12. The molecule has 2 aromatic rings. The fourth-order valence-corrected chi connectivity index (χ4v) is 6.32. The van der Waals surface area contributed by atoms with E-state index in [1.807, 2.05) is 6.26 Å². The van der Waals surface area contributed by atoms with Crippen molar-refractivity contribution in [2.75, 3.05) is 17.8 Å². The molecular weight excluding hydrogens is 424 g/mol. The van der Waals surface area contributed by atoms with Gasteiger partial charge in [0.25, 0.3) is 0 Å². The van der Waals surface area contributed by atoms with E-state index in [0.717, 1.165) is 26.7 Å². The molecule has 0 amide bonds. The van der Waals surface area contributed by atoms with Gasteiger partial charge < -0.3 is 5.11 Å². The number of aliphatic carboxylic acids is 1. The topological polar surface area (TPSA) is 96.4 Å². The van der Waals surface area contributed by atoms with E-state index in [-0.39, 0.29) is 11.3 Å². The van der Waals surface area contributed by atoms with Crippen LogP contribution in [0, 0.1) is 0 Å². The third kappa shape index (κ3) is 6.63. The molecule has 1 aromatic heterocycles. The number of carboxylic acid groups (broad SMARTS) is 1. The summed E-state index contributed by atoms with van der Waals surface area (Å²) in [6, 6.07) is 3.58. The van der Waals surface area contributed by atoms with Crippen molar-refractivity contribution in [1.29, 1.82) is 0 Å². The van der Waals surface area contributed by atoms with Crippen LogP contribution in [0.2, 0.25) is 0 Å². The third-order valence-corrected chi connectivity index (χ3v) is 8.19. The minimum atomic E-state index is -3.91. The molecule has 0 aliphatic heterocycles. The molecule has 0 radical (unpaired) electrons. The Morgan fingerprint density at radius 3 is 2.78 bits per heavy atom. The highest BCUT2D eigenvalue weighted by Gasteiger charge is 2.25. The second-order valence-electron chi connectivity index (χ2n) is 5.96. The van der Waals surface area contributed by atoms with Crippen molar-refractivity contribution < 1.29 is 18.3 Å². The smallest absolute Gasteiger partial charge is 0.321 e. The van der Waals surface area contributed by atoms with Crippen LogP contribution >= 0.6 is 34.9 Å². The van der Waals surface area contributed by atoms with E-state index in [9.17, 15) is 18.3 Å². The zero-order valence-electron chi connectivity index (χ0n) is 15.3. The molecular formula is C17H24N2O4S4. The first-order valence-electron chi connectivity index (χ1n) is 8.65. The van der Waals surface area contributed by atoms with Gasteiger partial charge in [-0.05, 0) is 43.0 Å². The average molecular weight is 449 g/mol. The van der Waals surface area contributed by atoms with Crippen molar-refractivity contribution in [2.45, 2.75) is 47.9 Å². The zero-order chi connectivity index (χ0) is 19.9. The van der Waals surface area contributed by atoms with Crippen LogP contribution in [0.5, 0.6) is 0 Å². The van der Waals surface area contributed by atoms with Crippen LogP contribution in [0.3, 0.4) is 0 Å². The highest BCUT2D eigenvalue weighted by molar-refractivity contribution is 8.01. The van der Waals surface area contributed by atoms with Gasteiger partial charge in [-0.3, -0.25) is 4.79 Å². The maximum absolute atomic E-state index is 12.6. The van der Waals surface area contributed by atoms with Gasteiger partial charge in [0.15, 0.2) is 4.34 Å². The van der Waals surface area contributed by atoms with E-state index in [1.165, 1.54) is 42.0 Å². The Hall–Kier alpha value is -0.810. The lowest BCUT2D eigenvalue weighted by Gasteiger charge is -2.14. The van der Waals surface area contributed by atoms with Crippen LogP contribution in [-0.2, 0) is 14.8 Å². The Kier molecular flexibility index (Phi) is 8.87. The number of benzene rings is 1. The molecule has 2 rings (SSSR count). The summed E-state index contributed by atoms with van der Waals surface area (Å²) in [6.45, 7) is 2.16. The Balaban J connectivity index is 2.15. The molecule has 27 heavy (non-hydrogen) atoms. The van der Waals surface area contributed by atoms with Gasteiger partial charge >= 0.3 is 5.97 Å². The molecule has 1 heterocycles. The summed E-state index contributed by atoms with van der Waals surface area (Å²) in [5.74, 6) is 0.388. The van der Waals surface area contributed by atoms with Gasteiger partial charge in [0, 0.05) is 5.75 Å². The van der Waals surface area contributed by atoms with Gasteiger partial charge in [0.05, 0.1) is 15.1 Å². The Morgan fingerprint density at radius 1 is 1.33 bits per heavy atom. The number of hydrogen-bond donors (Lipinski definition) is 2. The fourth-order valence-electron chi connectivity index (χ4n) is 2.35. The normalized spacial score (nSPS) is 13.1. The highest BCUT2D eigenvalue weighted by Crippen LogP contribution is 2.31. The SMILES string of the molecule is CCCCCSc1nc2ccc(S(=O)(=O)N[C@H](CCSC)C(=O)O)cc2s1. The largest absolute Gasteiger partial charge is 0.480 e. The molecule has 0 spiro atoms. The molecule has 2 N–H and O–H groups in total. The predicted octanol–water partition coefficient (Wildman–Crippen LogP) is 4.06. The second-order valence-corrected chi connectivity index (χ2v) is 11.0. The molecule has 10 heteroatoms. The van der Waals surface area contributed by atoms with E-state index in [4.69, 9.17) is 0 Å². The summed E-state index contributed by atoms with van der Waals surface area (Å²) in [5.41, 5.74) is 0.758. The highest BCUT2D eigenvalue weighted by atomic mass is 32.2. The fraction of sp³-hybridized carbons (Fsp3) is 0.529. The van der Waals surface area contributed by atoms with Crippen molar-refractivity contribution in [2.24, 2.45) is 0 Å². The number of carboxylic acids is 1. The number of sulfonamides is 1. The zero-order valence-corrected chi connectivity index (χ0v) is 18.6. The van der Waals surface area contributed by atoms with Crippen molar-refractivity contribution in [3.63, 3.8) is 0 Å². The maximum Gasteiger partial charge on any atom is 0.321 e. The number of carbonyl (C=O) groups is 1. The Morgan fingerprint density at radius 2 is 2.11 bits per heavy atom. The number of nitrogens with one attached hydrogen (secondary N) is 1. The summed E-state index contributed by atoms with van der Waals surface area (Å²) >= 11 is 4.63. The Labute approximate surface area is 172 Å². The number of thioether (sulfide) groups is 2. The molecule has 0 fully saturated rings. The maximum atomic E-state index is 12.6. The van der Waals surface area contributed by atoms with Crippen LogP contribution in [0.4, 0.5) is 0 Å². The van der Waals surface area contributed by atoms with Crippen LogP contribution in [0.15, 0.2) is 27.4 Å². The summed E-state index contributed by atoms with van der Waals surface area (Å²) < 4.78 is 29.2. The first kappa shape index (κ1) is 22.5. The lowest BCUT2D eigenvalue weighted by atomic mass is 10.2. The van der Waals surface area contributed by atoms with Crippen LogP contribution in [-0.4, -0.2) is 48.3 Å². The number of aromatic nitrogens is 1. The number of unbranched alkanes of at least 4 members (excludes halogenated alkanes) is 2. The van der Waals surface area contributed by atoms with E-state index in [0.29, 0.717) is 5.75 Å². The Bertz CT molecular complexity index is 867.